The second kappa shape index (κ2) is 6.26. The van der Waals surface area contributed by atoms with E-state index in [0.717, 1.165) is 19.3 Å². The average molecular weight is 288 g/mol. The van der Waals surface area contributed by atoms with E-state index in [1.54, 1.807) is 19.1 Å². The smallest absolute Gasteiger partial charge is 0.252 e. The van der Waals surface area contributed by atoms with Crippen molar-refractivity contribution in [3.8, 4) is 6.07 Å². The normalized spacial score (nSPS) is 25.1. The summed E-state index contributed by atoms with van der Waals surface area (Å²) in [6, 6.07) is 6.67. The molecular formula is C17H21FN2O. The van der Waals surface area contributed by atoms with E-state index in [1.165, 1.54) is 6.07 Å². The Bertz CT molecular complexity index is 569. The van der Waals surface area contributed by atoms with Crippen molar-refractivity contribution >= 4 is 5.91 Å². The maximum Gasteiger partial charge on any atom is 0.252 e. The molecule has 1 saturated carbocycles. The Hall–Kier alpha value is -1.89. The van der Waals surface area contributed by atoms with E-state index in [-0.39, 0.29) is 11.5 Å². The highest BCUT2D eigenvalue weighted by Gasteiger charge is 2.36. The third kappa shape index (κ3) is 3.41. The summed E-state index contributed by atoms with van der Waals surface area (Å²) in [4.78, 5) is 12.3. The molecule has 1 aromatic carbocycles. The van der Waals surface area contributed by atoms with Gasteiger partial charge in [0.2, 0.25) is 0 Å². The molecule has 112 valence electrons. The fraction of sp³-hybridized carbons (Fsp3) is 0.529. The Morgan fingerprint density at radius 2 is 2.14 bits per heavy atom. The summed E-state index contributed by atoms with van der Waals surface area (Å²) >= 11 is 0. The van der Waals surface area contributed by atoms with E-state index in [9.17, 15) is 14.4 Å². The molecule has 2 rings (SSSR count). The van der Waals surface area contributed by atoms with Crippen molar-refractivity contribution in [2.45, 2.75) is 51.5 Å². The number of hydrogen-bond donors (Lipinski definition) is 1. The molecule has 0 aliphatic heterocycles. The summed E-state index contributed by atoms with van der Waals surface area (Å²) in [5, 5.41) is 12.3. The van der Waals surface area contributed by atoms with E-state index in [4.69, 9.17) is 0 Å². The van der Waals surface area contributed by atoms with Crippen LogP contribution in [0.25, 0.3) is 0 Å². The van der Waals surface area contributed by atoms with Crippen molar-refractivity contribution in [1.29, 1.82) is 5.26 Å². The van der Waals surface area contributed by atoms with Gasteiger partial charge >= 0.3 is 0 Å². The van der Waals surface area contributed by atoms with Gasteiger partial charge in [-0.15, -0.1) is 0 Å². The zero-order valence-electron chi connectivity index (χ0n) is 12.6. The van der Waals surface area contributed by atoms with Crippen molar-refractivity contribution in [2.75, 3.05) is 0 Å². The highest BCUT2D eigenvalue weighted by molar-refractivity contribution is 5.95. The average Bonchev–Trinajstić information content (AvgIpc) is 2.50. The zero-order valence-corrected chi connectivity index (χ0v) is 12.6. The third-order valence-corrected chi connectivity index (χ3v) is 4.54. The van der Waals surface area contributed by atoms with E-state index in [1.807, 2.05) is 0 Å². The standard InChI is InChI=1S/C17H21FN2O/c1-3-13-6-8-17(11-19,9-7-13)20-16(21)14-5-4-12(2)15(18)10-14/h4-5,10,13H,3,6-9H2,1-2H3,(H,20,21). The first-order valence-corrected chi connectivity index (χ1v) is 7.49. The van der Waals surface area contributed by atoms with Crippen LogP contribution in [0, 0.1) is 30.0 Å². The number of amides is 1. The van der Waals surface area contributed by atoms with Gasteiger partial charge in [-0.25, -0.2) is 4.39 Å². The minimum absolute atomic E-state index is 0.269. The molecule has 0 spiro atoms. The van der Waals surface area contributed by atoms with Gasteiger partial charge in [0.15, 0.2) is 0 Å². The fourth-order valence-electron chi connectivity index (χ4n) is 2.87. The Labute approximate surface area is 125 Å². The van der Waals surface area contributed by atoms with Crippen molar-refractivity contribution in [3.63, 3.8) is 0 Å². The lowest BCUT2D eigenvalue weighted by molar-refractivity contribution is 0.0890. The first-order chi connectivity index (χ1) is 9.99. The zero-order chi connectivity index (χ0) is 15.5. The Kier molecular flexibility index (Phi) is 4.62. The molecular weight excluding hydrogens is 267 g/mol. The molecule has 3 nitrogen and oxygen atoms in total. The van der Waals surface area contributed by atoms with Gasteiger partial charge in [-0.05, 0) is 56.2 Å². The van der Waals surface area contributed by atoms with Crippen LogP contribution >= 0.6 is 0 Å². The van der Waals surface area contributed by atoms with Gasteiger partial charge in [-0.1, -0.05) is 19.4 Å². The minimum Gasteiger partial charge on any atom is -0.334 e. The lowest BCUT2D eigenvalue weighted by Gasteiger charge is -2.35. The largest absolute Gasteiger partial charge is 0.334 e. The summed E-state index contributed by atoms with van der Waals surface area (Å²) in [6.07, 6.45) is 4.35. The lowest BCUT2D eigenvalue weighted by Crippen LogP contribution is -2.49. The quantitative estimate of drug-likeness (QED) is 0.921. The molecule has 0 saturated heterocycles. The number of carbonyl (C=O) groups is 1. The van der Waals surface area contributed by atoms with Gasteiger partial charge in [-0.2, -0.15) is 5.26 Å². The van der Waals surface area contributed by atoms with E-state index < -0.39 is 11.4 Å². The molecule has 4 heteroatoms. The van der Waals surface area contributed by atoms with Crippen LogP contribution in [0.1, 0.15) is 54.9 Å². The maximum absolute atomic E-state index is 13.5. The molecule has 21 heavy (non-hydrogen) atoms. The summed E-state index contributed by atoms with van der Waals surface area (Å²) < 4.78 is 13.5. The van der Waals surface area contributed by atoms with Gasteiger partial charge in [0.05, 0.1) is 6.07 Å². The molecule has 0 aromatic heterocycles. The molecule has 0 bridgehead atoms. The predicted molar refractivity (Wildman–Crippen MR) is 79.2 cm³/mol. The first kappa shape index (κ1) is 15.5. The highest BCUT2D eigenvalue weighted by atomic mass is 19.1. The predicted octanol–water partition coefficient (Wildman–Crippen LogP) is 3.73. The maximum atomic E-state index is 13.5. The Morgan fingerprint density at radius 3 is 2.67 bits per heavy atom. The SMILES string of the molecule is CCC1CCC(C#N)(NC(=O)c2ccc(C)c(F)c2)CC1. The summed E-state index contributed by atoms with van der Waals surface area (Å²) in [7, 11) is 0. The number of hydrogen-bond acceptors (Lipinski definition) is 2. The monoisotopic (exact) mass is 288 g/mol. The van der Waals surface area contributed by atoms with Crippen molar-refractivity contribution < 1.29 is 9.18 Å². The number of nitrogens with one attached hydrogen (secondary N) is 1. The highest BCUT2D eigenvalue weighted by Crippen LogP contribution is 2.33. The van der Waals surface area contributed by atoms with Crippen molar-refractivity contribution in [1.82, 2.24) is 5.32 Å². The number of rotatable bonds is 3. The van der Waals surface area contributed by atoms with Crippen LogP contribution in [0.3, 0.4) is 0 Å². The van der Waals surface area contributed by atoms with Crippen LogP contribution < -0.4 is 5.32 Å². The second-order valence-corrected chi connectivity index (χ2v) is 5.96. The van der Waals surface area contributed by atoms with Gasteiger partial charge < -0.3 is 5.32 Å². The fourth-order valence-corrected chi connectivity index (χ4v) is 2.87. The van der Waals surface area contributed by atoms with Crippen molar-refractivity contribution in [3.05, 3.63) is 35.1 Å². The molecule has 1 N–H and O–H groups in total. The topological polar surface area (TPSA) is 52.9 Å². The molecule has 0 radical (unpaired) electrons. The van der Waals surface area contributed by atoms with E-state index >= 15 is 0 Å². The molecule has 1 aliphatic rings. The number of carbonyl (C=O) groups excluding carboxylic acids is 1. The van der Waals surface area contributed by atoms with Gasteiger partial charge in [-0.3, -0.25) is 4.79 Å². The molecule has 1 aliphatic carbocycles. The first-order valence-electron chi connectivity index (χ1n) is 7.49. The molecule has 1 amide bonds. The van der Waals surface area contributed by atoms with Crippen LogP contribution in [0.15, 0.2) is 18.2 Å². The Balaban J connectivity index is 2.10. The third-order valence-electron chi connectivity index (χ3n) is 4.54. The van der Waals surface area contributed by atoms with Crippen LogP contribution in [0.5, 0.6) is 0 Å². The van der Waals surface area contributed by atoms with Crippen LogP contribution in [0.4, 0.5) is 4.39 Å². The molecule has 1 fully saturated rings. The molecule has 0 unspecified atom stereocenters. The van der Waals surface area contributed by atoms with E-state index in [2.05, 4.69) is 18.3 Å². The summed E-state index contributed by atoms with van der Waals surface area (Å²) in [5.41, 5.74) is -0.0280. The summed E-state index contributed by atoms with van der Waals surface area (Å²) in [6.45, 7) is 3.80. The summed E-state index contributed by atoms with van der Waals surface area (Å²) in [5.74, 6) is -0.131. The minimum atomic E-state index is -0.801. The Morgan fingerprint density at radius 1 is 1.48 bits per heavy atom. The number of aryl methyl sites for hydroxylation is 1. The number of nitriles is 1. The van der Waals surface area contributed by atoms with Crippen LogP contribution in [-0.2, 0) is 0 Å². The molecule has 0 heterocycles. The van der Waals surface area contributed by atoms with Crippen LogP contribution in [0.2, 0.25) is 0 Å². The second-order valence-electron chi connectivity index (χ2n) is 5.96. The van der Waals surface area contributed by atoms with E-state index in [0.29, 0.717) is 24.3 Å². The van der Waals surface area contributed by atoms with Gasteiger partial charge in [0.25, 0.3) is 5.91 Å². The van der Waals surface area contributed by atoms with Crippen LogP contribution in [-0.4, -0.2) is 11.4 Å². The van der Waals surface area contributed by atoms with Gasteiger partial charge in [0, 0.05) is 5.56 Å². The number of nitrogens with zero attached hydrogens (tertiary/aromatic N) is 1. The van der Waals surface area contributed by atoms with Gasteiger partial charge in [0.1, 0.15) is 11.4 Å². The lowest BCUT2D eigenvalue weighted by atomic mass is 9.76. The number of halogens is 1. The van der Waals surface area contributed by atoms with Crippen molar-refractivity contribution in [2.24, 2.45) is 5.92 Å². The number of benzene rings is 1. The molecule has 1 aromatic rings. The molecule has 0 atom stereocenters.